The molecule has 0 saturated carbocycles. The molecular formula is C17H29N3O2. The molecule has 0 fully saturated rings. The second-order valence-corrected chi connectivity index (χ2v) is 5.21. The molecule has 1 rings (SSSR count). The van der Waals surface area contributed by atoms with Crippen LogP contribution in [0.15, 0.2) is 29.3 Å². The highest BCUT2D eigenvalue weighted by Gasteiger charge is 2.03. The Bertz CT molecular complexity index is 432. The van der Waals surface area contributed by atoms with E-state index in [-0.39, 0.29) is 6.04 Å². The quantitative estimate of drug-likeness (QED) is 0.417. The van der Waals surface area contributed by atoms with Gasteiger partial charge in [0.1, 0.15) is 5.75 Å². The summed E-state index contributed by atoms with van der Waals surface area (Å²) in [5.41, 5.74) is 1.31. The fourth-order valence-electron chi connectivity index (χ4n) is 2.11. The summed E-state index contributed by atoms with van der Waals surface area (Å²) in [5, 5.41) is 6.58. The van der Waals surface area contributed by atoms with Crippen LogP contribution in [-0.4, -0.2) is 45.9 Å². The van der Waals surface area contributed by atoms with E-state index in [0.717, 1.165) is 37.6 Å². The molecule has 0 radical (unpaired) electrons. The molecule has 1 aromatic rings. The maximum Gasteiger partial charge on any atom is 0.191 e. The van der Waals surface area contributed by atoms with Crippen molar-refractivity contribution in [3.63, 3.8) is 0 Å². The maximum absolute atomic E-state index is 5.16. The van der Waals surface area contributed by atoms with Crippen molar-refractivity contribution in [1.29, 1.82) is 0 Å². The van der Waals surface area contributed by atoms with Gasteiger partial charge in [-0.1, -0.05) is 12.1 Å². The third-order valence-corrected chi connectivity index (χ3v) is 3.20. The molecule has 0 aromatic heterocycles. The Kier molecular flexibility index (Phi) is 9.07. The lowest BCUT2D eigenvalue weighted by Gasteiger charge is -2.16. The van der Waals surface area contributed by atoms with E-state index in [4.69, 9.17) is 9.47 Å². The van der Waals surface area contributed by atoms with Crippen LogP contribution in [0.5, 0.6) is 5.75 Å². The molecular weight excluding hydrogens is 278 g/mol. The van der Waals surface area contributed by atoms with Gasteiger partial charge < -0.3 is 20.1 Å². The third-order valence-electron chi connectivity index (χ3n) is 3.20. The lowest BCUT2D eigenvalue weighted by molar-refractivity contribution is 0.179. The maximum atomic E-state index is 5.16. The number of benzene rings is 1. The van der Waals surface area contributed by atoms with Gasteiger partial charge in [0.15, 0.2) is 5.96 Å². The van der Waals surface area contributed by atoms with E-state index in [2.05, 4.69) is 41.6 Å². The number of methoxy groups -OCH3 is 2. The molecule has 2 N–H and O–H groups in total. The standard InChI is InChI=1S/C17H29N3O2/c1-5-18-17(20-14(2)13-21-3)19-12-6-7-15-8-10-16(22-4)11-9-15/h8-11,14H,5-7,12-13H2,1-4H3,(H2,18,19,20). The minimum absolute atomic E-state index is 0.240. The van der Waals surface area contributed by atoms with E-state index < -0.39 is 0 Å². The van der Waals surface area contributed by atoms with Crippen LogP contribution < -0.4 is 15.4 Å². The molecule has 0 aliphatic rings. The zero-order valence-corrected chi connectivity index (χ0v) is 14.2. The highest BCUT2D eigenvalue weighted by molar-refractivity contribution is 5.80. The van der Waals surface area contributed by atoms with E-state index in [0.29, 0.717) is 6.61 Å². The molecule has 1 atom stereocenters. The topological polar surface area (TPSA) is 54.9 Å². The van der Waals surface area contributed by atoms with Crippen molar-refractivity contribution in [2.75, 3.05) is 33.9 Å². The van der Waals surface area contributed by atoms with E-state index >= 15 is 0 Å². The summed E-state index contributed by atoms with van der Waals surface area (Å²) in [7, 11) is 3.39. The fourth-order valence-corrected chi connectivity index (χ4v) is 2.11. The number of ether oxygens (including phenoxy) is 2. The summed E-state index contributed by atoms with van der Waals surface area (Å²) in [6.07, 6.45) is 2.03. The number of rotatable bonds is 9. The van der Waals surface area contributed by atoms with Crippen LogP contribution in [-0.2, 0) is 11.2 Å². The zero-order chi connectivity index (χ0) is 16.2. The van der Waals surface area contributed by atoms with E-state index in [1.165, 1.54) is 5.56 Å². The molecule has 124 valence electrons. The Labute approximate surface area is 134 Å². The zero-order valence-electron chi connectivity index (χ0n) is 14.2. The van der Waals surface area contributed by atoms with Crippen molar-refractivity contribution >= 4 is 5.96 Å². The molecule has 5 nitrogen and oxygen atoms in total. The number of nitrogens with one attached hydrogen (secondary N) is 2. The number of aliphatic imine (C=N–C) groups is 1. The average Bonchev–Trinajstić information content (AvgIpc) is 2.52. The Morgan fingerprint density at radius 1 is 1.23 bits per heavy atom. The van der Waals surface area contributed by atoms with Crippen LogP contribution in [0.1, 0.15) is 25.8 Å². The Hall–Kier alpha value is -1.75. The Morgan fingerprint density at radius 2 is 1.95 bits per heavy atom. The SMILES string of the molecule is CCNC(=NCCCc1ccc(OC)cc1)NC(C)COC. The fraction of sp³-hybridized carbons (Fsp3) is 0.588. The lowest BCUT2D eigenvalue weighted by Crippen LogP contribution is -2.44. The molecule has 1 unspecified atom stereocenters. The van der Waals surface area contributed by atoms with Gasteiger partial charge in [0.25, 0.3) is 0 Å². The van der Waals surface area contributed by atoms with Gasteiger partial charge in [-0.25, -0.2) is 0 Å². The van der Waals surface area contributed by atoms with E-state index in [1.54, 1.807) is 14.2 Å². The van der Waals surface area contributed by atoms with Gasteiger partial charge in [-0.2, -0.15) is 0 Å². The number of hydrogen-bond acceptors (Lipinski definition) is 3. The number of nitrogens with zero attached hydrogens (tertiary/aromatic N) is 1. The summed E-state index contributed by atoms with van der Waals surface area (Å²) in [6, 6.07) is 8.44. The first-order valence-electron chi connectivity index (χ1n) is 7.86. The molecule has 0 amide bonds. The van der Waals surface area contributed by atoms with Crippen molar-refractivity contribution in [2.45, 2.75) is 32.7 Å². The predicted molar refractivity (Wildman–Crippen MR) is 91.8 cm³/mol. The van der Waals surface area contributed by atoms with E-state index in [9.17, 15) is 0 Å². The van der Waals surface area contributed by atoms with Gasteiger partial charge in [-0.15, -0.1) is 0 Å². The van der Waals surface area contributed by atoms with Crippen LogP contribution in [0.2, 0.25) is 0 Å². The van der Waals surface area contributed by atoms with Gasteiger partial charge in [-0.3, -0.25) is 4.99 Å². The summed E-state index contributed by atoms with van der Waals surface area (Å²) >= 11 is 0. The smallest absolute Gasteiger partial charge is 0.191 e. The summed E-state index contributed by atoms with van der Waals surface area (Å²) in [5.74, 6) is 1.74. The van der Waals surface area contributed by atoms with Crippen LogP contribution in [0, 0.1) is 0 Å². The van der Waals surface area contributed by atoms with Crippen LogP contribution in [0.25, 0.3) is 0 Å². The number of aryl methyl sites for hydroxylation is 1. The van der Waals surface area contributed by atoms with Gasteiger partial charge in [0.2, 0.25) is 0 Å². The van der Waals surface area contributed by atoms with Crippen LogP contribution in [0.4, 0.5) is 0 Å². The van der Waals surface area contributed by atoms with Gasteiger partial charge >= 0.3 is 0 Å². The predicted octanol–water partition coefficient (Wildman–Crippen LogP) is 2.22. The molecule has 0 heterocycles. The average molecular weight is 307 g/mol. The summed E-state index contributed by atoms with van der Waals surface area (Å²) in [4.78, 5) is 4.60. The molecule has 5 heteroatoms. The third kappa shape index (κ3) is 7.31. The van der Waals surface area contributed by atoms with Crippen molar-refractivity contribution in [3.8, 4) is 5.75 Å². The van der Waals surface area contributed by atoms with Crippen LogP contribution in [0.3, 0.4) is 0 Å². The second-order valence-electron chi connectivity index (χ2n) is 5.21. The largest absolute Gasteiger partial charge is 0.497 e. The highest BCUT2D eigenvalue weighted by atomic mass is 16.5. The summed E-state index contributed by atoms with van der Waals surface area (Å²) in [6.45, 7) is 6.45. The molecule has 0 bridgehead atoms. The highest BCUT2D eigenvalue weighted by Crippen LogP contribution is 2.12. The molecule has 0 spiro atoms. The first kappa shape index (κ1) is 18.3. The minimum Gasteiger partial charge on any atom is -0.497 e. The second kappa shape index (κ2) is 10.9. The van der Waals surface area contributed by atoms with E-state index in [1.807, 2.05) is 12.1 Å². The Balaban J connectivity index is 2.38. The first-order chi connectivity index (χ1) is 10.7. The number of guanidine groups is 1. The van der Waals surface area contributed by atoms with Gasteiger partial charge in [-0.05, 0) is 44.4 Å². The lowest BCUT2D eigenvalue weighted by atomic mass is 10.1. The molecule has 1 aromatic carbocycles. The van der Waals surface area contributed by atoms with Crippen LogP contribution >= 0.6 is 0 Å². The van der Waals surface area contributed by atoms with Crippen molar-refractivity contribution in [3.05, 3.63) is 29.8 Å². The van der Waals surface area contributed by atoms with Gasteiger partial charge in [0, 0.05) is 26.2 Å². The molecule has 22 heavy (non-hydrogen) atoms. The summed E-state index contributed by atoms with van der Waals surface area (Å²) < 4.78 is 10.3. The van der Waals surface area contributed by atoms with Crippen molar-refractivity contribution in [1.82, 2.24) is 10.6 Å². The van der Waals surface area contributed by atoms with Gasteiger partial charge in [0.05, 0.1) is 13.7 Å². The molecule has 0 saturated heterocycles. The molecule has 0 aliphatic carbocycles. The Morgan fingerprint density at radius 3 is 2.55 bits per heavy atom. The van der Waals surface area contributed by atoms with Crippen molar-refractivity contribution < 1.29 is 9.47 Å². The normalized spacial score (nSPS) is 12.8. The minimum atomic E-state index is 0.240. The molecule has 0 aliphatic heterocycles. The van der Waals surface area contributed by atoms with Crippen molar-refractivity contribution in [2.24, 2.45) is 4.99 Å². The first-order valence-corrected chi connectivity index (χ1v) is 7.86. The number of hydrogen-bond donors (Lipinski definition) is 2. The monoisotopic (exact) mass is 307 g/mol.